The minimum Gasteiger partial charge on any atom is -0.475 e. The standard InChI is InChI=1S/C20H22N2O3/c1-15(6-5-13-23)25-19-12-10-17-9-11-18(21-20(17)22-19)24-14-16-7-3-2-4-8-16/h2-4,7-12,15,23H,5-6,13-14H2,1H3. The molecule has 0 amide bonds. The maximum absolute atomic E-state index is 8.89. The molecular formula is C20H22N2O3. The zero-order valence-corrected chi connectivity index (χ0v) is 14.3. The molecule has 0 spiro atoms. The maximum Gasteiger partial charge on any atom is 0.215 e. The van der Waals surface area contributed by atoms with E-state index >= 15 is 0 Å². The Morgan fingerprint density at radius 3 is 2.44 bits per heavy atom. The summed E-state index contributed by atoms with van der Waals surface area (Å²) in [5.41, 5.74) is 1.68. The third kappa shape index (κ3) is 4.90. The van der Waals surface area contributed by atoms with Crippen LogP contribution in [0.5, 0.6) is 11.8 Å². The zero-order valence-electron chi connectivity index (χ0n) is 14.3. The van der Waals surface area contributed by atoms with Gasteiger partial charge in [-0.05, 0) is 37.5 Å². The molecule has 3 rings (SSSR count). The highest BCUT2D eigenvalue weighted by Crippen LogP contribution is 2.20. The quantitative estimate of drug-likeness (QED) is 0.678. The summed E-state index contributed by atoms with van der Waals surface area (Å²) in [6.07, 6.45) is 1.49. The number of aromatic nitrogens is 2. The van der Waals surface area contributed by atoms with Gasteiger partial charge in [0.25, 0.3) is 0 Å². The van der Waals surface area contributed by atoms with Gasteiger partial charge in [-0.25, -0.2) is 0 Å². The SMILES string of the molecule is CC(CCCO)Oc1ccc2ccc(OCc3ccccc3)nc2n1. The van der Waals surface area contributed by atoms with E-state index in [0.29, 0.717) is 30.4 Å². The van der Waals surface area contributed by atoms with Crippen molar-refractivity contribution in [3.8, 4) is 11.8 Å². The molecule has 25 heavy (non-hydrogen) atoms. The first-order chi connectivity index (χ1) is 12.2. The number of rotatable bonds is 8. The Balaban J connectivity index is 1.69. The molecule has 5 heteroatoms. The summed E-state index contributed by atoms with van der Waals surface area (Å²) in [6.45, 7) is 2.60. The Hall–Kier alpha value is -2.66. The average molecular weight is 338 g/mol. The van der Waals surface area contributed by atoms with Crippen molar-refractivity contribution in [2.45, 2.75) is 32.5 Å². The fourth-order valence-electron chi connectivity index (χ4n) is 2.49. The van der Waals surface area contributed by atoms with Gasteiger partial charge in [0, 0.05) is 24.1 Å². The average Bonchev–Trinajstić information content (AvgIpc) is 2.65. The first kappa shape index (κ1) is 17.2. The molecule has 130 valence electrons. The Labute approximate surface area is 147 Å². The van der Waals surface area contributed by atoms with Crippen LogP contribution in [0.1, 0.15) is 25.3 Å². The number of fused-ring (bicyclic) bond motifs is 1. The summed E-state index contributed by atoms with van der Waals surface area (Å²) in [7, 11) is 0. The first-order valence-electron chi connectivity index (χ1n) is 8.46. The van der Waals surface area contributed by atoms with E-state index in [2.05, 4.69) is 9.97 Å². The number of hydrogen-bond acceptors (Lipinski definition) is 5. The monoisotopic (exact) mass is 338 g/mol. The van der Waals surface area contributed by atoms with Gasteiger partial charge in [-0.15, -0.1) is 0 Å². The van der Waals surface area contributed by atoms with Crippen LogP contribution in [0, 0.1) is 0 Å². The minimum absolute atomic E-state index is 0.00499. The molecule has 1 aromatic carbocycles. The van der Waals surface area contributed by atoms with Gasteiger partial charge in [-0.3, -0.25) is 0 Å². The normalized spacial score (nSPS) is 12.1. The molecule has 3 aromatic rings. The van der Waals surface area contributed by atoms with Crippen LogP contribution in [0.2, 0.25) is 0 Å². The van der Waals surface area contributed by atoms with Crippen LogP contribution < -0.4 is 9.47 Å². The van der Waals surface area contributed by atoms with Crippen molar-refractivity contribution in [1.82, 2.24) is 9.97 Å². The van der Waals surface area contributed by atoms with Gasteiger partial charge in [-0.1, -0.05) is 30.3 Å². The minimum atomic E-state index is -0.00499. The Morgan fingerprint density at radius 1 is 0.960 bits per heavy atom. The van der Waals surface area contributed by atoms with Gasteiger partial charge in [0.15, 0.2) is 5.65 Å². The van der Waals surface area contributed by atoms with Crippen molar-refractivity contribution in [2.24, 2.45) is 0 Å². The Morgan fingerprint density at radius 2 is 1.68 bits per heavy atom. The summed E-state index contributed by atoms with van der Waals surface area (Å²) in [6, 6.07) is 17.5. The van der Waals surface area contributed by atoms with Gasteiger partial charge in [0.05, 0.1) is 6.10 Å². The van der Waals surface area contributed by atoms with Crippen LogP contribution in [-0.4, -0.2) is 27.8 Å². The Kier molecular flexibility index (Phi) is 5.80. The second kappa shape index (κ2) is 8.44. The van der Waals surface area contributed by atoms with Crippen molar-refractivity contribution in [3.63, 3.8) is 0 Å². The number of aliphatic hydroxyl groups is 1. The third-order valence-corrected chi connectivity index (χ3v) is 3.82. The lowest BCUT2D eigenvalue weighted by molar-refractivity contribution is 0.183. The fourth-order valence-corrected chi connectivity index (χ4v) is 2.49. The smallest absolute Gasteiger partial charge is 0.215 e. The second-order valence-corrected chi connectivity index (χ2v) is 5.91. The van der Waals surface area contributed by atoms with E-state index in [4.69, 9.17) is 14.6 Å². The van der Waals surface area contributed by atoms with Crippen molar-refractivity contribution >= 4 is 11.0 Å². The molecule has 2 aromatic heterocycles. The molecule has 0 fully saturated rings. The fraction of sp³-hybridized carbons (Fsp3) is 0.300. The molecule has 1 N–H and O–H groups in total. The van der Waals surface area contributed by atoms with Crippen LogP contribution in [0.4, 0.5) is 0 Å². The predicted octanol–water partition coefficient (Wildman–Crippen LogP) is 3.75. The molecule has 1 atom stereocenters. The first-order valence-corrected chi connectivity index (χ1v) is 8.46. The molecule has 0 radical (unpaired) electrons. The maximum atomic E-state index is 8.89. The van der Waals surface area contributed by atoms with Gasteiger partial charge in [0.2, 0.25) is 11.8 Å². The third-order valence-electron chi connectivity index (χ3n) is 3.82. The van der Waals surface area contributed by atoms with Crippen molar-refractivity contribution in [3.05, 3.63) is 60.2 Å². The van der Waals surface area contributed by atoms with Gasteiger partial charge >= 0.3 is 0 Å². The van der Waals surface area contributed by atoms with Crippen molar-refractivity contribution in [2.75, 3.05) is 6.61 Å². The summed E-state index contributed by atoms with van der Waals surface area (Å²) in [4.78, 5) is 8.93. The highest BCUT2D eigenvalue weighted by molar-refractivity contribution is 5.75. The number of nitrogens with zero attached hydrogens (tertiary/aromatic N) is 2. The van der Waals surface area contributed by atoms with E-state index in [0.717, 1.165) is 17.4 Å². The lowest BCUT2D eigenvalue weighted by Crippen LogP contribution is -2.13. The number of benzene rings is 1. The van der Waals surface area contributed by atoms with Crippen LogP contribution in [0.15, 0.2) is 54.6 Å². The van der Waals surface area contributed by atoms with Crippen LogP contribution >= 0.6 is 0 Å². The zero-order chi connectivity index (χ0) is 17.5. The van der Waals surface area contributed by atoms with E-state index in [-0.39, 0.29) is 12.7 Å². The molecule has 0 aliphatic carbocycles. The molecule has 0 aliphatic rings. The highest BCUT2D eigenvalue weighted by Gasteiger charge is 2.07. The summed E-state index contributed by atoms with van der Waals surface area (Å²) >= 11 is 0. The Bertz CT molecular complexity index is 808. The largest absolute Gasteiger partial charge is 0.475 e. The van der Waals surface area contributed by atoms with Crippen LogP contribution in [0.25, 0.3) is 11.0 Å². The predicted molar refractivity (Wildman–Crippen MR) is 96.7 cm³/mol. The van der Waals surface area contributed by atoms with Crippen molar-refractivity contribution < 1.29 is 14.6 Å². The lowest BCUT2D eigenvalue weighted by atomic mass is 10.2. The molecule has 2 heterocycles. The molecule has 0 saturated carbocycles. The molecule has 5 nitrogen and oxygen atoms in total. The molecule has 1 unspecified atom stereocenters. The topological polar surface area (TPSA) is 64.5 Å². The van der Waals surface area contributed by atoms with E-state index in [1.165, 1.54) is 0 Å². The number of aliphatic hydroxyl groups excluding tert-OH is 1. The summed E-state index contributed by atoms with van der Waals surface area (Å²) < 4.78 is 11.5. The lowest BCUT2D eigenvalue weighted by Gasteiger charge is -2.13. The molecular weight excluding hydrogens is 316 g/mol. The van der Waals surface area contributed by atoms with Crippen molar-refractivity contribution in [1.29, 1.82) is 0 Å². The highest BCUT2D eigenvalue weighted by atomic mass is 16.5. The summed E-state index contributed by atoms with van der Waals surface area (Å²) in [5.74, 6) is 1.07. The van der Waals surface area contributed by atoms with Crippen LogP contribution in [-0.2, 0) is 6.61 Å². The number of pyridine rings is 2. The summed E-state index contributed by atoms with van der Waals surface area (Å²) in [5, 5.41) is 9.82. The van der Waals surface area contributed by atoms with E-state index < -0.39 is 0 Å². The number of hydrogen-bond donors (Lipinski definition) is 1. The molecule has 0 aliphatic heterocycles. The van der Waals surface area contributed by atoms with Gasteiger partial charge in [0.1, 0.15) is 6.61 Å². The van der Waals surface area contributed by atoms with Gasteiger partial charge < -0.3 is 14.6 Å². The van der Waals surface area contributed by atoms with Crippen LogP contribution in [0.3, 0.4) is 0 Å². The van der Waals surface area contributed by atoms with Gasteiger partial charge in [-0.2, -0.15) is 9.97 Å². The number of ether oxygens (including phenoxy) is 2. The molecule has 0 bridgehead atoms. The van der Waals surface area contributed by atoms with E-state index in [1.807, 2.05) is 61.5 Å². The molecule has 0 saturated heterocycles. The van der Waals surface area contributed by atoms with E-state index in [1.54, 1.807) is 0 Å². The van der Waals surface area contributed by atoms with E-state index in [9.17, 15) is 0 Å². The second-order valence-electron chi connectivity index (χ2n) is 5.91.